The molecule has 2 nitrogen and oxygen atoms in total. The van der Waals surface area contributed by atoms with Crippen molar-refractivity contribution in [1.82, 2.24) is 4.40 Å². The molecule has 148 valence electrons. The third-order valence-corrected chi connectivity index (χ3v) is 6.36. The van der Waals surface area contributed by atoms with Crippen molar-refractivity contribution in [2.45, 2.75) is 6.92 Å². The number of aromatic nitrogens is 2. The molecule has 3 heterocycles. The number of benzene rings is 3. The largest absolute Gasteiger partial charge is 0.322 e. The van der Waals surface area contributed by atoms with Gasteiger partial charge < -0.3 is 4.40 Å². The monoisotopic (exact) mass is 399 g/mol. The van der Waals surface area contributed by atoms with Crippen molar-refractivity contribution in [2.75, 3.05) is 0 Å². The van der Waals surface area contributed by atoms with Crippen LogP contribution in [0, 0.1) is 6.92 Å². The zero-order valence-corrected chi connectivity index (χ0v) is 17.7. The molecule has 0 fully saturated rings. The minimum atomic E-state index is 1.22. The minimum absolute atomic E-state index is 1.22. The van der Waals surface area contributed by atoms with Gasteiger partial charge in [0.25, 0.3) is 0 Å². The topological polar surface area (TPSA) is 8.29 Å². The van der Waals surface area contributed by atoms with E-state index in [0.29, 0.717) is 0 Å². The maximum Gasteiger partial charge on any atom is 0.220 e. The van der Waals surface area contributed by atoms with Gasteiger partial charge in [0.2, 0.25) is 5.69 Å². The van der Waals surface area contributed by atoms with Gasteiger partial charge >= 0.3 is 0 Å². The van der Waals surface area contributed by atoms with Gasteiger partial charge in [0.1, 0.15) is 7.05 Å². The molecule has 0 bridgehead atoms. The summed E-state index contributed by atoms with van der Waals surface area (Å²) in [6.07, 6.45) is 6.61. The van der Waals surface area contributed by atoms with Gasteiger partial charge in [-0.2, -0.15) is 0 Å². The van der Waals surface area contributed by atoms with Crippen molar-refractivity contribution < 1.29 is 4.57 Å². The molecule has 0 amide bonds. The SMILES string of the molecule is Cc1ccc(-c2ccc3c4ccccc4cn3c2)cc1-c1c2ccccc2cc[n+]1C. The van der Waals surface area contributed by atoms with Crippen LogP contribution in [0.4, 0.5) is 0 Å². The van der Waals surface area contributed by atoms with Crippen LogP contribution in [0.5, 0.6) is 0 Å². The van der Waals surface area contributed by atoms with Gasteiger partial charge in [0.15, 0.2) is 6.20 Å². The first-order valence-corrected chi connectivity index (χ1v) is 10.7. The quantitative estimate of drug-likeness (QED) is 0.286. The summed E-state index contributed by atoms with van der Waals surface area (Å²) in [6, 6.07) is 30.6. The zero-order valence-electron chi connectivity index (χ0n) is 17.7. The Kier molecular flexibility index (Phi) is 3.94. The smallest absolute Gasteiger partial charge is 0.220 e. The molecule has 0 saturated heterocycles. The number of pyridine rings is 2. The van der Waals surface area contributed by atoms with E-state index in [0.717, 1.165) is 0 Å². The van der Waals surface area contributed by atoms with Crippen LogP contribution in [-0.2, 0) is 7.05 Å². The molecular formula is C29H23N2+. The fraction of sp³-hybridized carbons (Fsp3) is 0.0690. The summed E-state index contributed by atoms with van der Waals surface area (Å²) in [5, 5.41) is 5.11. The number of nitrogens with zero attached hydrogens (tertiary/aromatic N) is 2. The second-order valence-corrected chi connectivity index (χ2v) is 8.32. The minimum Gasteiger partial charge on any atom is -0.322 e. The Morgan fingerprint density at radius 2 is 1.42 bits per heavy atom. The number of rotatable bonds is 2. The second-order valence-electron chi connectivity index (χ2n) is 8.32. The standard InChI is InChI=1S/C29H23N2/c1-20-11-12-22(17-27(20)29-26-10-6-3-7-21(26)15-16-30(29)2)23-13-14-28-25-9-5-4-8-24(25)19-31(28)18-23/h3-19H,1-2H3/q+1. The summed E-state index contributed by atoms with van der Waals surface area (Å²) in [7, 11) is 2.13. The summed E-state index contributed by atoms with van der Waals surface area (Å²) in [4.78, 5) is 0. The Labute approximate surface area is 181 Å². The highest BCUT2D eigenvalue weighted by atomic mass is 14.9. The number of hydrogen-bond acceptors (Lipinski definition) is 0. The highest BCUT2D eigenvalue weighted by molar-refractivity contribution is 5.98. The van der Waals surface area contributed by atoms with Gasteiger partial charge in [0.05, 0.1) is 16.5 Å². The number of hydrogen-bond donors (Lipinski definition) is 0. The van der Waals surface area contributed by atoms with Crippen LogP contribution in [0.3, 0.4) is 0 Å². The predicted octanol–water partition coefficient (Wildman–Crippen LogP) is 6.71. The van der Waals surface area contributed by atoms with Crippen molar-refractivity contribution in [3.8, 4) is 22.4 Å². The molecule has 0 saturated carbocycles. The Morgan fingerprint density at radius 3 is 2.29 bits per heavy atom. The Balaban J connectivity index is 1.56. The Morgan fingerprint density at radius 1 is 0.677 bits per heavy atom. The van der Waals surface area contributed by atoms with E-state index in [2.05, 4.69) is 126 Å². The summed E-state index contributed by atoms with van der Waals surface area (Å²) in [6.45, 7) is 2.20. The fourth-order valence-corrected chi connectivity index (χ4v) is 4.72. The summed E-state index contributed by atoms with van der Waals surface area (Å²) < 4.78 is 4.48. The first-order valence-electron chi connectivity index (χ1n) is 10.7. The van der Waals surface area contributed by atoms with Crippen LogP contribution in [0.15, 0.2) is 104 Å². The van der Waals surface area contributed by atoms with Gasteiger partial charge in [-0.3, -0.25) is 0 Å². The lowest BCUT2D eigenvalue weighted by molar-refractivity contribution is -0.659. The van der Waals surface area contributed by atoms with E-state index in [4.69, 9.17) is 0 Å². The van der Waals surface area contributed by atoms with Crippen LogP contribution >= 0.6 is 0 Å². The molecule has 6 aromatic rings. The zero-order chi connectivity index (χ0) is 20.9. The molecule has 31 heavy (non-hydrogen) atoms. The molecule has 0 radical (unpaired) electrons. The van der Waals surface area contributed by atoms with Gasteiger partial charge in [-0.15, -0.1) is 0 Å². The Bertz CT molecular complexity index is 1600. The van der Waals surface area contributed by atoms with Crippen molar-refractivity contribution >= 4 is 27.1 Å². The molecular weight excluding hydrogens is 376 g/mol. The van der Waals surface area contributed by atoms with E-state index in [9.17, 15) is 0 Å². The van der Waals surface area contributed by atoms with Crippen molar-refractivity contribution in [2.24, 2.45) is 7.05 Å². The summed E-state index contributed by atoms with van der Waals surface area (Å²) in [5.74, 6) is 0. The van der Waals surface area contributed by atoms with Crippen molar-refractivity contribution in [1.29, 1.82) is 0 Å². The maximum absolute atomic E-state index is 2.33. The predicted molar refractivity (Wildman–Crippen MR) is 129 cm³/mol. The molecule has 0 N–H and O–H groups in total. The summed E-state index contributed by atoms with van der Waals surface area (Å²) in [5.41, 5.74) is 7.50. The van der Waals surface area contributed by atoms with Gasteiger partial charge in [-0.25, -0.2) is 4.57 Å². The fourth-order valence-electron chi connectivity index (χ4n) is 4.72. The van der Waals surface area contributed by atoms with Crippen molar-refractivity contribution in [3.63, 3.8) is 0 Å². The van der Waals surface area contributed by atoms with E-state index >= 15 is 0 Å². The molecule has 3 aromatic heterocycles. The van der Waals surface area contributed by atoms with E-state index in [1.54, 1.807) is 0 Å². The third-order valence-electron chi connectivity index (χ3n) is 6.36. The Hall–Kier alpha value is -3.91. The van der Waals surface area contributed by atoms with Gasteiger partial charge in [-0.1, -0.05) is 60.7 Å². The molecule has 2 heteroatoms. The molecule has 6 rings (SSSR count). The molecule has 0 aliphatic carbocycles. The third kappa shape index (κ3) is 2.83. The lowest BCUT2D eigenvalue weighted by atomic mass is 9.95. The second kappa shape index (κ2) is 6.82. The molecule has 0 aliphatic heterocycles. The highest BCUT2D eigenvalue weighted by Crippen LogP contribution is 2.32. The van der Waals surface area contributed by atoms with Crippen LogP contribution in [-0.4, -0.2) is 4.40 Å². The maximum atomic E-state index is 2.33. The normalized spacial score (nSPS) is 11.5. The van der Waals surface area contributed by atoms with Gasteiger partial charge in [-0.05, 0) is 47.2 Å². The molecule has 0 aliphatic rings. The van der Waals surface area contributed by atoms with Crippen LogP contribution in [0.25, 0.3) is 49.4 Å². The average Bonchev–Trinajstić information content (AvgIpc) is 3.17. The number of fused-ring (bicyclic) bond motifs is 4. The van der Waals surface area contributed by atoms with Gasteiger partial charge in [0, 0.05) is 29.2 Å². The average molecular weight is 400 g/mol. The number of aryl methyl sites for hydroxylation is 2. The molecule has 0 spiro atoms. The molecule has 3 aromatic carbocycles. The lowest BCUT2D eigenvalue weighted by Crippen LogP contribution is -2.30. The molecule has 0 unspecified atom stereocenters. The molecule has 0 atom stereocenters. The van der Waals surface area contributed by atoms with E-state index in [-0.39, 0.29) is 0 Å². The lowest BCUT2D eigenvalue weighted by Gasteiger charge is -2.11. The van der Waals surface area contributed by atoms with Crippen molar-refractivity contribution in [3.05, 3.63) is 109 Å². The first kappa shape index (κ1) is 17.9. The van der Waals surface area contributed by atoms with E-state index in [1.807, 2.05) is 0 Å². The highest BCUT2D eigenvalue weighted by Gasteiger charge is 2.17. The van der Waals surface area contributed by atoms with E-state index in [1.165, 1.54) is 55.0 Å². The van der Waals surface area contributed by atoms with E-state index < -0.39 is 0 Å². The van der Waals surface area contributed by atoms with Crippen LogP contribution in [0.2, 0.25) is 0 Å². The van der Waals surface area contributed by atoms with Crippen LogP contribution in [0.1, 0.15) is 5.56 Å². The summed E-state index contributed by atoms with van der Waals surface area (Å²) >= 11 is 0. The first-order chi connectivity index (χ1) is 15.2. The van der Waals surface area contributed by atoms with Crippen LogP contribution < -0.4 is 4.57 Å².